The summed E-state index contributed by atoms with van der Waals surface area (Å²) in [5.41, 5.74) is 13.5. The summed E-state index contributed by atoms with van der Waals surface area (Å²) in [5, 5.41) is 12.5. The molecule has 47 heavy (non-hydrogen) atoms. The lowest BCUT2D eigenvalue weighted by atomic mass is 10.0. The van der Waals surface area contributed by atoms with Crippen LogP contribution < -0.4 is 32.7 Å². The van der Waals surface area contributed by atoms with Crippen molar-refractivity contribution in [2.45, 2.75) is 77.9 Å². The Labute approximate surface area is 276 Å². The molecule has 9 N–H and O–H groups in total. The number of aromatic amines is 1. The molecule has 2 aromatic carbocycles. The first-order chi connectivity index (χ1) is 22.4. The fourth-order valence-electron chi connectivity index (χ4n) is 5.16. The zero-order valence-corrected chi connectivity index (χ0v) is 27.8. The first kappa shape index (κ1) is 36.6. The third-order valence-electron chi connectivity index (χ3n) is 7.52. The molecule has 1 aromatic heterocycles. The maximum Gasteiger partial charge on any atom is 0.243 e. The summed E-state index contributed by atoms with van der Waals surface area (Å²) in [6.45, 7) is 8.54. The highest BCUT2D eigenvalue weighted by atomic mass is 16.2. The average Bonchev–Trinajstić information content (AvgIpc) is 3.43. The second kappa shape index (κ2) is 18.3. The molecule has 0 aliphatic rings. The topological polar surface area (TPSA) is 197 Å². The number of rotatable bonds is 18. The van der Waals surface area contributed by atoms with Gasteiger partial charge >= 0.3 is 0 Å². The molecule has 3 aromatic rings. The van der Waals surface area contributed by atoms with Crippen LogP contribution in [0.2, 0.25) is 0 Å². The van der Waals surface area contributed by atoms with Crippen LogP contribution in [-0.2, 0) is 32.0 Å². The highest BCUT2D eigenvalue weighted by molar-refractivity contribution is 5.95. The van der Waals surface area contributed by atoms with Crippen LogP contribution in [0.3, 0.4) is 0 Å². The van der Waals surface area contributed by atoms with Gasteiger partial charge in [-0.05, 0) is 41.9 Å². The molecule has 0 saturated heterocycles. The smallest absolute Gasteiger partial charge is 0.243 e. The second-order valence-corrected chi connectivity index (χ2v) is 12.7. The minimum absolute atomic E-state index is 0.0622. The monoisotopic (exact) mass is 646 g/mol. The first-order valence-electron chi connectivity index (χ1n) is 16.2. The molecular formula is C35H50N8O4. The molecule has 0 unspecified atom stereocenters. The number of nitrogens with zero attached hydrogens (tertiary/aromatic N) is 1. The number of benzene rings is 2. The number of aromatic nitrogens is 1. The van der Waals surface area contributed by atoms with E-state index in [1.165, 1.54) is 0 Å². The standard InChI is InChI=1S/C35H50N8O4/c1-22(2)17-31(44)41-28(15-10-16-38-35(36)37)33(46)43-30(19-25-21-39-27-14-9-8-13-26(25)27)34(47)42-29(32(45)40-20-23(3)4)18-24-11-6-5-7-12-24/h5-9,11-14,21-23,28-30,39H,10,15-20H2,1-4H3,(H,40,45)(H,41,44)(H,42,47)(H,43,46)(H4,36,37,38)/t28-,29-,30-/m0/s1. The van der Waals surface area contributed by atoms with Crippen LogP contribution in [0.25, 0.3) is 10.9 Å². The fraction of sp³-hybridized carbons (Fsp3) is 0.457. The summed E-state index contributed by atoms with van der Waals surface area (Å²) >= 11 is 0. The van der Waals surface area contributed by atoms with Crippen LogP contribution in [0.5, 0.6) is 0 Å². The number of nitrogens with one attached hydrogen (secondary N) is 5. The van der Waals surface area contributed by atoms with E-state index < -0.39 is 29.9 Å². The molecule has 3 rings (SSSR count). The van der Waals surface area contributed by atoms with Gasteiger partial charge in [0, 0.05) is 49.5 Å². The van der Waals surface area contributed by atoms with E-state index in [1.807, 2.05) is 88.5 Å². The van der Waals surface area contributed by atoms with E-state index in [-0.39, 0.29) is 61.8 Å². The van der Waals surface area contributed by atoms with Gasteiger partial charge in [-0.2, -0.15) is 0 Å². The highest BCUT2D eigenvalue weighted by Gasteiger charge is 2.30. The van der Waals surface area contributed by atoms with Crippen LogP contribution in [-0.4, -0.2) is 65.8 Å². The molecule has 12 heteroatoms. The van der Waals surface area contributed by atoms with E-state index >= 15 is 0 Å². The van der Waals surface area contributed by atoms with Crippen LogP contribution in [0.4, 0.5) is 0 Å². The summed E-state index contributed by atoms with van der Waals surface area (Å²) < 4.78 is 0. The van der Waals surface area contributed by atoms with Gasteiger partial charge in [0.15, 0.2) is 5.96 Å². The molecule has 1 heterocycles. The molecule has 0 aliphatic carbocycles. The van der Waals surface area contributed by atoms with Gasteiger partial charge in [-0.3, -0.25) is 24.2 Å². The number of H-pyrrole nitrogens is 1. The molecule has 0 bridgehead atoms. The summed E-state index contributed by atoms with van der Waals surface area (Å²) in [6, 6.07) is 14.2. The lowest BCUT2D eigenvalue weighted by Crippen LogP contribution is -2.58. The number of nitrogens with two attached hydrogens (primary N) is 2. The largest absolute Gasteiger partial charge is 0.370 e. The second-order valence-electron chi connectivity index (χ2n) is 12.7. The van der Waals surface area contributed by atoms with Crippen LogP contribution >= 0.6 is 0 Å². The van der Waals surface area contributed by atoms with Crippen molar-refractivity contribution in [2.75, 3.05) is 13.1 Å². The molecule has 0 saturated carbocycles. The first-order valence-corrected chi connectivity index (χ1v) is 16.2. The predicted molar refractivity (Wildman–Crippen MR) is 185 cm³/mol. The number of carbonyl (C=O) groups excluding carboxylic acids is 4. The molecule has 3 atom stereocenters. The predicted octanol–water partition coefficient (Wildman–Crippen LogP) is 2.28. The fourth-order valence-corrected chi connectivity index (χ4v) is 5.16. The van der Waals surface area contributed by atoms with Gasteiger partial charge in [0.05, 0.1) is 0 Å². The molecule has 0 fully saturated rings. The number of para-hydroxylation sites is 1. The van der Waals surface area contributed by atoms with E-state index in [2.05, 4.69) is 31.2 Å². The SMILES string of the molecule is CC(C)CNC(=O)[C@H](Cc1ccccc1)NC(=O)[C@H](Cc1c[nH]c2ccccc12)NC(=O)[C@H](CCCN=C(N)N)NC(=O)CC(C)C. The van der Waals surface area contributed by atoms with Gasteiger partial charge < -0.3 is 37.7 Å². The number of fused-ring (bicyclic) bond motifs is 1. The normalized spacial score (nSPS) is 13.1. The van der Waals surface area contributed by atoms with Crippen molar-refractivity contribution in [1.82, 2.24) is 26.3 Å². The van der Waals surface area contributed by atoms with Crippen LogP contribution in [0.1, 0.15) is 58.1 Å². The van der Waals surface area contributed by atoms with Crippen molar-refractivity contribution in [3.05, 3.63) is 71.9 Å². The van der Waals surface area contributed by atoms with Gasteiger partial charge in [0.25, 0.3) is 0 Å². The minimum Gasteiger partial charge on any atom is -0.370 e. The zero-order chi connectivity index (χ0) is 34.3. The number of amides is 4. The molecule has 0 radical (unpaired) electrons. The molecule has 12 nitrogen and oxygen atoms in total. The molecular weight excluding hydrogens is 596 g/mol. The van der Waals surface area contributed by atoms with Gasteiger partial charge in [-0.25, -0.2) is 0 Å². The summed E-state index contributed by atoms with van der Waals surface area (Å²) in [5.74, 6) is -1.38. The van der Waals surface area contributed by atoms with E-state index in [1.54, 1.807) is 0 Å². The Morgan fingerprint density at radius 3 is 2.06 bits per heavy atom. The van der Waals surface area contributed by atoms with Gasteiger partial charge in [-0.1, -0.05) is 76.2 Å². The molecule has 4 amide bonds. The number of guanidine groups is 1. The summed E-state index contributed by atoms with van der Waals surface area (Å²) in [4.78, 5) is 61.2. The Morgan fingerprint density at radius 1 is 0.766 bits per heavy atom. The van der Waals surface area contributed by atoms with Gasteiger partial charge in [-0.15, -0.1) is 0 Å². The Morgan fingerprint density at radius 2 is 1.40 bits per heavy atom. The van der Waals surface area contributed by atoms with Gasteiger partial charge in [0.1, 0.15) is 18.1 Å². The Kier molecular flexibility index (Phi) is 14.3. The van der Waals surface area contributed by atoms with Crippen molar-refractivity contribution in [1.29, 1.82) is 0 Å². The quantitative estimate of drug-likeness (QED) is 0.0629. The van der Waals surface area contributed by atoms with Crippen molar-refractivity contribution < 1.29 is 19.2 Å². The van der Waals surface area contributed by atoms with Crippen LogP contribution in [0.15, 0.2) is 65.8 Å². The van der Waals surface area contributed by atoms with Crippen molar-refractivity contribution >= 4 is 40.5 Å². The van der Waals surface area contributed by atoms with E-state index in [9.17, 15) is 19.2 Å². The summed E-state index contributed by atoms with van der Waals surface area (Å²) in [6.07, 6.45) is 3.14. The third kappa shape index (κ3) is 12.4. The van der Waals surface area contributed by atoms with Crippen molar-refractivity contribution in [3.8, 4) is 0 Å². The molecule has 254 valence electrons. The Balaban J connectivity index is 1.89. The van der Waals surface area contributed by atoms with Gasteiger partial charge in [0.2, 0.25) is 23.6 Å². The highest BCUT2D eigenvalue weighted by Crippen LogP contribution is 2.19. The number of hydrogen-bond acceptors (Lipinski definition) is 5. The summed E-state index contributed by atoms with van der Waals surface area (Å²) in [7, 11) is 0. The maximum absolute atomic E-state index is 14.1. The Bertz CT molecular complexity index is 1500. The molecule has 0 spiro atoms. The van der Waals surface area contributed by atoms with Crippen molar-refractivity contribution in [2.24, 2.45) is 28.3 Å². The van der Waals surface area contributed by atoms with Crippen molar-refractivity contribution in [3.63, 3.8) is 0 Å². The number of hydrogen-bond donors (Lipinski definition) is 7. The Hall–Kier alpha value is -4.87. The zero-order valence-electron chi connectivity index (χ0n) is 27.8. The van der Waals surface area contributed by atoms with Crippen LogP contribution in [0, 0.1) is 11.8 Å². The molecule has 0 aliphatic heterocycles. The van der Waals surface area contributed by atoms with E-state index in [0.717, 1.165) is 22.0 Å². The number of aliphatic imine (C=N–C) groups is 1. The van der Waals surface area contributed by atoms with E-state index in [0.29, 0.717) is 13.0 Å². The number of carbonyl (C=O) groups is 4. The lowest BCUT2D eigenvalue weighted by molar-refractivity contribution is -0.134. The van der Waals surface area contributed by atoms with E-state index in [4.69, 9.17) is 11.5 Å². The maximum atomic E-state index is 14.1. The third-order valence-corrected chi connectivity index (χ3v) is 7.52. The lowest BCUT2D eigenvalue weighted by Gasteiger charge is -2.26. The average molecular weight is 647 g/mol. The minimum atomic E-state index is -1.06.